The molecule has 0 aliphatic rings. The van der Waals surface area contributed by atoms with E-state index in [9.17, 15) is 14.4 Å². The van der Waals surface area contributed by atoms with Crippen molar-refractivity contribution in [2.45, 2.75) is 31.7 Å². The second-order valence-electron chi connectivity index (χ2n) is 3.98. The lowest BCUT2D eigenvalue weighted by atomic mass is 10.2. The Morgan fingerprint density at radius 2 is 1.75 bits per heavy atom. The third-order valence-electron chi connectivity index (χ3n) is 2.36. The summed E-state index contributed by atoms with van der Waals surface area (Å²) >= 11 is 0. The van der Waals surface area contributed by atoms with Crippen LogP contribution in [0.1, 0.15) is 25.7 Å². The van der Waals surface area contributed by atoms with E-state index in [-0.39, 0.29) is 25.4 Å². The summed E-state index contributed by atoms with van der Waals surface area (Å²) in [6, 6.07) is -0.995. The van der Waals surface area contributed by atoms with Gasteiger partial charge in [0.1, 0.15) is 6.61 Å². The number of amides is 1. The highest BCUT2D eigenvalue weighted by molar-refractivity contribution is 5.84. The zero-order chi connectivity index (χ0) is 15.4. The van der Waals surface area contributed by atoms with Gasteiger partial charge in [0.25, 0.3) is 0 Å². The van der Waals surface area contributed by atoms with Crippen LogP contribution < -0.4 is 5.32 Å². The highest BCUT2D eigenvalue weighted by Gasteiger charge is 2.22. The monoisotopic (exact) mass is 283 g/mol. The quantitative estimate of drug-likeness (QED) is 0.480. The van der Waals surface area contributed by atoms with Gasteiger partial charge in [0, 0.05) is 12.8 Å². The fourth-order valence-corrected chi connectivity index (χ4v) is 1.28. The van der Waals surface area contributed by atoms with E-state index in [0.29, 0.717) is 12.8 Å². The number of methoxy groups -OCH3 is 1. The molecule has 0 aromatic rings. The molecule has 0 bridgehead atoms. The molecule has 20 heavy (non-hydrogen) atoms. The minimum absolute atomic E-state index is 0.182. The van der Waals surface area contributed by atoms with Gasteiger partial charge in [-0.2, -0.15) is 0 Å². The van der Waals surface area contributed by atoms with Gasteiger partial charge < -0.3 is 14.8 Å². The molecule has 6 heteroatoms. The Morgan fingerprint density at radius 1 is 1.15 bits per heavy atom. The number of rotatable bonds is 10. The smallest absolute Gasteiger partial charge is 0.331 e. The molecule has 0 rings (SSSR count). The van der Waals surface area contributed by atoms with Crippen molar-refractivity contribution in [3.05, 3.63) is 25.3 Å². The number of esters is 2. The molecule has 1 unspecified atom stereocenters. The SMILES string of the molecule is C=CCCC(=O)NC(COC(=O)CCC=C)C(=O)OC. The number of carbonyl (C=O) groups is 3. The second kappa shape index (κ2) is 10.8. The van der Waals surface area contributed by atoms with Crippen LogP contribution in [0.3, 0.4) is 0 Å². The molecule has 0 radical (unpaired) electrons. The summed E-state index contributed by atoms with van der Waals surface area (Å²) in [5.41, 5.74) is 0. The third-order valence-corrected chi connectivity index (χ3v) is 2.36. The van der Waals surface area contributed by atoms with Crippen LogP contribution in [0.4, 0.5) is 0 Å². The molecule has 0 aliphatic heterocycles. The number of carbonyl (C=O) groups excluding carboxylic acids is 3. The molecule has 112 valence electrons. The number of ether oxygens (including phenoxy) is 2. The van der Waals surface area contributed by atoms with Crippen molar-refractivity contribution in [3.63, 3.8) is 0 Å². The fraction of sp³-hybridized carbons (Fsp3) is 0.500. The highest BCUT2D eigenvalue weighted by atomic mass is 16.5. The second-order valence-corrected chi connectivity index (χ2v) is 3.98. The van der Waals surface area contributed by atoms with Gasteiger partial charge in [-0.1, -0.05) is 12.2 Å². The molecule has 1 atom stereocenters. The minimum atomic E-state index is -0.995. The van der Waals surface area contributed by atoms with E-state index >= 15 is 0 Å². The van der Waals surface area contributed by atoms with Crippen LogP contribution in [0.2, 0.25) is 0 Å². The van der Waals surface area contributed by atoms with Crippen molar-refractivity contribution in [1.82, 2.24) is 5.32 Å². The van der Waals surface area contributed by atoms with E-state index in [2.05, 4.69) is 23.2 Å². The maximum Gasteiger partial charge on any atom is 0.331 e. The average molecular weight is 283 g/mol. The van der Waals surface area contributed by atoms with Crippen molar-refractivity contribution in [3.8, 4) is 0 Å². The predicted molar refractivity (Wildman–Crippen MR) is 73.8 cm³/mol. The lowest BCUT2D eigenvalue weighted by Gasteiger charge is -2.16. The molecule has 0 heterocycles. The maximum atomic E-state index is 11.5. The first kappa shape index (κ1) is 17.9. The Kier molecular flexibility index (Phi) is 9.64. The number of hydrogen-bond acceptors (Lipinski definition) is 5. The first-order valence-corrected chi connectivity index (χ1v) is 6.29. The number of allylic oxidation sites excluding steroid dienone is 2. The first-order chi connectivity index (χ1) is 9.54. The fourth-order valence-electron chi connectivity index (χ4n) is 1.28. The van der Waals surface area contributed by atoms with Crippen LogP contribution in [0.25, 0.3) is 0 Å². The molecule has 0 spiro atoms. The van der Waals surface area contributed by atoms with Crippen molar-refractivity contribution in [2.75, 3.05) is 13.7 Å². The van der Waals surface area contributed by atoms with Crippen molar-refractivity contribution in [1.29, 1.82) is 0 Å². The molecule has 6 nitrogen and oxygen atoms in total. The Hall–Kier alpha value is -2.11. The number of nitrogens with one attached hydrogen (secondary N) is 1. The van der Waals surface area contributed by atoms with Gasteiger partial charge in [-0.25, -0.2) is 4.79 Å². The molecule has 0 saturated carbocycles. The van der Waals surface area contributed by atoms with Crippen LogP contribution in [0.5, 0.6) is 0 Å². The van der Waals surface area contributed by atoms with E-state index in [1.807, 2.05) is 0 Å². The summed E-state index contributed by atoms with van der Waals surface area (Å²) in [5, 5.41) is 2.46. The van der Waals surface area contributed by atoms with Crippen LogP contribution in [0.15, 0.2) is 25.3 Å². The van der Waals surface area contributed by atoms with Gasteiger partial charge in [-0.15, -0.1) is 13.2 Å². The Morgan fingerprint density at radius 3 is 2.30 bits per heavy atom. The summed E-state index contributed by atoms with van der Waals surface area (Å²) in [6.45, 7) is 6.74. The topological polar surface area (TPSA) is 81.7 Å². The van der Waals surface area contributed by atoms with Gasteiger partial charge in [0.15, 0.2) is 6.04 Å². The lowest BCUT2D eigenvalue weighted by molar-refractivity contribution is -0.152. The predicted octanol–water partition coefficient (Wildman–Crippen LogP) is 1.12. The third kappa shape index (κ3) is 8.07. The molecule has 0 aromatic carbocycles. The molecule has 1 N–H and O–H groups in total. The molecular weight excluding hydrogens is 262 g/mol. The highest BCUT2D eigenvalue weighted by Crippen LogP contribution is 1.98. The van der Waals surface area contributed by atoms with E-state index in [4.69, 9.17) is 4.74 Å². The Balaban J connectivity index is 4.31. The minimum Gasteiger partial charge on any atom is -0.467 e. The van der Waals surface area contributed by atoms with Crippen LogP contribution in [-0.4, -0.2) is 37.6 Å². The van der Waals surface area contributed by atoms with Crippen molar-refractivity contribution in [2.24, 2.45) is 0 Å². The average Bonchev–Trinajstić information content (AvgIpc) is 2.46. The summed E-state index contributed by atoms with van der Waals surface area (Å²) in [7, 11) is 1.20. The standard InChI is InChI=1S/C14H21NO5/c1-4-6-8-12(16)15-11(14(18)19-3)10-20-13(17)9-7-5-2/h4-5,11H,1-2,6-10H2,3H3,(H,15,16). The first-order valence-electron chi connectivity index (χ1n) is 6.29. The Labute approximate surface area is 118 Å². The molecule has 0 aliphatic carbocycles. The zero-order valence-corrected chi connectivity index (χ0v) is 11.7. The van der Waals surface area contributed by atoms with Gasteiger partial charge in [-0.3, -0.25) is 9.59 Å². The van der Waals surface area contributed by atoms with Crippen LogP contribution in [-0.2, 0) is 23.9 Å². The molecule has 0 fully saturated rings. The van der Waals surface area contributed by atoms with Gasteiger partial charge >= 0.3 is 11.9 Å². The van der Waals surface area contributed by atoms with E-state index < -0.39 is 18.0 Å². The summed E-state index contributed by atoms with van der Waals surface area (Å²) in [4.78, 5) is 34.3. The normalized spacial score (nSPS) is 11.1. The van der Waals surface area contributed by atoms with E-state index in [1.54, 1.807) is 12.2 Å². The molecular formula is C14H21NO5. The van der Waals surface area contributed by atoms with E-state index in [1.165, 1.54) is 7.11 Å². The molecule has 0 saturated heterocycles. The van der Waals surface area contributed by atoms with E-state index in [0.717, 1.165) is 0 Å². The molecule has 1 amide bonds. The van der Waals surface area contributed by atoms with Gasteiger partial charge in [0.2, 0.25) is 5.91 Å². The Bertz CT molecular complexity index is 365. The van der Waals surface area contributed by atoms with Gasteiger partial charge in [-0.05, 0) is 12.8 Å². The van der Waals surface area contributed by atoms with Crippen molar-refractivity contribution >= 4 is 17.8 Å². The van der Waals surface area contributed by atoms with Crippen LogP contribution in [0, 0.1) is 0 Å². The van der Waals surface area contributed by atoms with Crippen LogP contribution >= 0.6 is 0 Å². The maximum absolute atomic E-state index is 11.5. The largest absolute Gasteiger partial charge is 0.467 e. The van der Waals surface area contributed by atoms with Crippen molar-refractivity contribution < 1.29 is 23.9 Å². The summed E-state index contributed by atoms with van der Waals surface area (Å²) in [5.74, 6) is -1.45. The van der Waals surface area contributed by atoms with Gasteiger partial charge in [0.05, 0.1) is 7.11 Å². The zero-order valence-electron chi connectivity index (χ0n) is 11.7. The summed E-state index contributed by atoms with van der Waals surface area (Å²) in [6.07, 6.45) is 4.58. The molecule has 0 aromatic heterocycles. The number of hydrogen-bond donors (Lipinski definition) is 1. The summed E-state index contributed by atoms with van der Waals surface area (Å²) < 4.78 is 9.46. The lowest BCUT2D eigenvalue weighted by Crippen LogP contribution is -2.45.